The van der Waals surface area contributed by atoms with E-state index in [1.165, 1.54) is 5.56 Å². The number of rotatable bonds is 6. The number of H-pyrrole nitrogens is 2. The van der Waals surface area contributed by atoms with Gasteiger partial charge in [-0.2, -0.15) is 5.10 Å². The molecule has 1 aromatic carbocycles. The smallest absolute Gasteiger partial charge is 0.279 e. The fourth-order valence-electron chi connectivity index (χ4n) is 2.76. The third-order valence-corrected chi connectivity index (χ3v) is 4.04. The molecule has 0 fully saturated rings. The third kappa shape index (κ3) is 3.50. The van der Waals surface area contributed by atoms with E-state index in [-0.39, 0.29) is 11.5 Å². The molecular formula is C18H22N4O. The minimum atomic E-state index is -0.156. The number of benzene rings is 1. The number of unbranched alkanes of at least 4 members (excludes halogenated alkanes) is 1. The van der Waals surface area contributed by atoms with E-state index >= 15 is 0 Å². The summed E-state index contributed by atoms with van der Waals surface area (Å²) in [5.41, 5.74) is 3.23. The fraction of sp³-hybridized carbons (Fsp3) is 0.389. The van der Waals surface area contributed by atoms with Crippen LogP contribution in [0.25, 0.3) is 11.0 Å². The van der Waals surface area contributed by atoms with Gasteiger partial charge in [0.05, 0.1) is 5.69 Å². The fourth-order valence-corrected chi connectivity index (χ4v) is 2.76. The molecule has 0 aliphatic heterocycles. The van der Waals surface area contributed by atoms with Gasteiger partial charge in [0.25, 0.3) is 5.56 Å². The number of hydrogen-bond donors (Lipinski definition) is 2. The minimum Gasteiger partial charge on any atom is -0.309 e. The van der Waals surface area contributed by atoms with Crippen LogP contribution in [0.4, 0.5) is 0 Å². The van der Waals surface area contributed by atoms with Gasteiger partial charge in [-0.25, -0.2) is 4.98 Å². The lowest BCUT2D eigenvalue weighted by molar-refractivity contribution is 0.707. The van der Waals surface area contributed by atoms with Gasteiger partial charge in [-0.3, -0.25) is 9.89 Å². The summed E-state index contributed by atoms with van der Waals surface area (Å²) >= 11 is 0. The summed E-state index contributed by atoms with van der Waals surface area (Å²) in [6.45, 7) is 4.13. The monoisotopic (exact) mass is 310 g/mol. The number of nitrogens with zero attached hydrogens (tertiary/aromatic N) is 2. The molecule has 3 rings (SSSR count). The number of fused-ring (bicyclic) bond motifs is 1. The molecule has 0 saturated carbocycles. The lowest BCUT2D eigenvalue weighted by atomic mass is 10.1. The molecule has 2 N–H and O–H groups in total. The summed E-state index contributed by atoms with van der Waals surface area (Å²) in [5.74, 6) is 1.01. The Morgan fingerprint density at radius 2 is 1.78 bits per heavy atom. The molecule has 0 spiro atoms. The van der Waals surface area contributed by atoms with Gasteiger partial charge in [0.2, 0.25) is 0 Å². The second-order valence-corrected chi connectivity index (χ2v) is 6.19. The maximum Gasteiger partial charge on any atom is 0.279 e. The Morgan fingerprint density at radius 1 is 1.04 bits per heavy atom. The SMILES string of the molecule is CC(C)c1[nH]nc2c(=O)[nH]c(CCCCc3ccccc3)nc12. The first kappa shape index (κ1) is 15.5. The third-order valence-electron chi connectivity index (χ3n) is 4.04. The highest BCUT2D eigenvalue weighted by atomic mass is 16.1. The van der Waals surface area contributed by atoms with Crippen molar-refractivity contribution in [2.24, 2.45) is 0 Å². The lowest BCUT2D eigenvalue weighted by Crippen LogP contribution is -2.12. The van der Waals surface area contributed by atoms with Crippen LogP contribution in [-0.4, -0.2) is 20.2 Å². The molecule has 23 heavy (non-hydrogen) atoms. The summed E-state index contributed by atoms with van der Waals surface area (Å²) in [4.78, 5) is 19.6. The standard InChI is InChI=1S/C18H22N4O/c1-12(2)15-16-17(22-21-15)18(23)20-14(19-16)11-7-6-10-13-8-4-3-5-9-13/h3-5,8-9,12H,6-7,10-11H2,1-2H3,(H,21,22)(H,19,20,23). The van der Waals surface area contributed by atoms with E-state index in [1.54, 1.807) is 0 Å². The summed E-state index contributed by atoms with van der Waals surface area (Å²) in [6.07, 6.45) is 3.91. The van der Waals surface area contributed by atoms with Crippen molar-refractivity contribution < 1.29 is 0 Å². The summed E-state index contributed by atoms with van der Waals surface area (Å²) in [6, 6.07) is 10.5. The maximum absolute atomic E-state index is 12.1. The zero-order valence-electron chi connectivity index (χ0n) is 13.6. The highest BCUT2D eigenvalue weighted by Gasteiger charge is 2.14. The molecule has 0 amide bonds. The first-order valence-corrected chi connectivity index (χ1v) is 8.16. The second kappa shape index (κ2) is 6.77. The Morgan fingerprint density at radius 3 is 2.52 bits per heavy atom. The van der Waals surface area contributed by atoms with Gasteiger partial charge < -0.3 is 4.98 Å². The average Bonchev–Trinajstić information content (AvgIpc) is 2.97. The molecule has 120 valence electrons. The van der Waals surface area contributed by atoms with Crippen molar-refractivity contribution >= 4 is 11.0 Å². The molecule has 5 nitrogen and oxygen atoms in total. The van der Waals surface area contributed by atoms with Crippen molar-refractivity contribution in [3.8, 4) is 0 Å². The van der Waals surface area contributed by atoms with Crippen molar-refractivity contribution in [3.05, 3.63) is 57.8 Å². The number of nitrogens with one attached hydrogen (secondary N) is 2. The van der Waals surface area contributed by atoms with Crippen molar-refractivity contribution in [2.75, 3.05) is 0 Å². The molecule has 5 heteroatoms. The van der Waals surface area contributed by atoms with Gasteiger partial charge in [-0.15, -0.1) is 0 Å². The van der Waals surface area contributed by atoms with E-state index in [0.29, 0.717) is 11.0 Å². The van der Waals surface area contributed by atoms with E-state index in [1.807, 2.05) is 6.07 Å². The van der Waals surface area contributed by atoms with E-state index in [9.17, 15) is 4.79 Å². The zero-order chi connectivity index (χ0) is 16.2. The Kier molecular flexibility index (Phi) is 4.55. The largest absolute Gasteiger partial charge is 0.309 e. The molecule has 2 heterocycles. The molecule has 0 bridgehead atoms. The van der Waals surface area contributed by atoms with Crippen LogP contribution in [0.3, 0.4) is 0 Å². The van der Waals surface area contributed by atoms with E-state index in [0.717, 1.165) is 37.2 Å². The molecule has 0 radical (unpaired) electrons. The minimum absolute atomic E-state index is 0.156. The quantitative estimate of drug-likeness (QED) is 0.686. The van der Waals surface area contributed by atoms with E-state index < -0.39 is 0 Å². The van der Waals surface area contributed by atoms with Crippen LogP contribution < -0.4 is 5.56 Å². The Hall–Kier alpha value is -2.43. The first-order chi connectivity index (χ1) is 11.1. The number of aryl methyl sites for hydroxylation is 2. The van der Waals surface area contributed by atoms with Crippen molar-refractivity contribution in [1.82, 2.24) is 20.2 Å². The van der Waals surface area contributed by atoms with Crippen molar-refractivity contribution in [3.63, 3.8) is 0 Å². The average molecular weight is 310 g/mol. The molecule has 0 aliphatic carbocycles. The Bertz CT molecular complexity index is 833. The van der Waals surface area contributed by atoms with Crippen LogP contribution in [0.5, 0.6) is 0 Å². The highest BCUT2D eigenvalue weighted by molar-refractivity contribution is 5.76. The lowest BCUT2D eigenvalue weighted by Gasteiger charge is -2.04. The van der Waals surface area contributed by atoms with Gasteiger partial charge in [0.15, 0.2) is 5.52 Å². The van der Waals surface area contributed by atoms with E-state index in [4.69, 9.17) is 0 Å². The normalized spacial score (nSPS) is 11.4. The van der Waals surface area contributed by atoms with Crippen LogP contribution >= 0.6 is 0 Å². The van der Waals surface area contributed by atoms with Crippen molar-refractivity contribution in [2.45, 2.75) is 45.4 Å². The Labute approximate surface area is 135 Å². The van der Waals surface area contributed by atoms with Gasteiger partial charge in [0, 0.05) is 6.42 Å². The summed E-state index contributed by atoms with van der Waals surface area (Å²) in [7, 11) is 0. The molecule has 0 unspecified atom stereocenters. The molecule has 3 aromatic rings. The van der Waals surface area contributed by atoms with Gasteiger partial charge in [0.1, 0.15) is 11.3 Å². The van der Waals surface area contributed by atoms with Gasteiger partial charge in [-0.1, -0.05) is 44.2 Å². The molecule has 0 atom stereocenters. The predicted octanol–water partition coefficient (Wildman–Crippen LogP) is 3.34. The maximum atomic E-state index is 12.1. The van der Waals surface area contributed by atoms with Gasteiger partial charge in [-0.05, 0) is 30.7 Å². The first-order valence-electron chi connectivity index (χ1n) is 8.16. The van der Waals surface area contributed by atoms with Crippen LogP contribution in [-0.2, 0) is 12.8 Å². The topological polar surface area (TPSA) is 74.4 Å². The molecule has 0 aliphatic rings. The molecule has 0 saturated heterocycles. The predicted molar refractivity (Wildman–Crippen MR) is 91.7 cm³/mol. The van der Waals surface area contributed by atoms with E-state index in [2.05, 4.69) is 58.3 Å². The highest BCUT2D eigenvalue weighted by Crippen LogP contribution is 2.19. The van der Waals surface area contributed by atoms with Crippen LogP contribution in [0.2, 0.25) is 0 Å². The Balaban J connectivity index is 1.68. The zero-order valence-corrected chi connectivity index (χ0v) is 13.6. The van der Waals surface area contributed by atoms with Crippen LogP contribution in [0.15, 0.2) is 35.1 Å². The summed E-state index contributed by atoms with van der Waals surface area (Å²) in [5, 5.41) is 7.02. The van der Waals surface area contributed by atoms with Gasteiger partial charge >= 0.3 is 0 Å². The second-order valence-electron chi connectivity index (χ2n) is 6.19. The van der Waals surface area contributed by atoms with Crippen LogP contribution in [0.1, 0.15) is 49.7 Å². The van der Waals surface area contributed by atoms with Crippen molar-refractivity contribution in [1.29, 1.82) is 0 Å². The van der Waals surface area contributed by atoms with Crippen LogP contribution in [0, 0.1) is 0 Å². The molecular weight excluding hydrogens is 288 g/mol. The molecule has 2 aromatic heterocycles. The number of aromatic amines is 2. The summed E-state index contributed by atoms with van der Waals surface area (Å²) < 4.78 is 0. The number of hydrogen-bond acceptors (Lipinski definition) is 3. The number of aromatic nitrogens is 4.